The van der Waals surface area contributed by atoms with Crippen molar-refractivity contribution in [2.24, 2.45) is 5.92 Å². The first-order valence-electron chi connectivity index (χ1n) is 6.98. The molecule has 0 radical (unpaired) electrons. The van der Waals surface area contributed by atoms with E-state index in [2.05, 4.69) is 5.32 Å². The van der Waals surface area contributed by atoms with Gasteiger partial charge >= 0.3 is 12.0 Å². The molecule has 2 amide bonds. The van der Waals surface area contributed by atoms with E-state index in [4.69, 9.17) is 5.11 Å². The standard InChI is InChI=1S/C15H20N2O3S/c1-10(2)17(9-13-4-3-7-21-13)15(20)16-12-6-5-11(8-12)14(18)19/h3-7,10-12H,8-9H2,1-2H3,(H,16,20)(H,18,19). The average Bonchev–Trinajstić information content (AvgIpc) is 3.06. The summed E-state index contributed by atoms with van der Waals surface area (Å²) in [7, 11) is 0. The molecule has 0 aromatic carbocycles. The highest BCUT2D eigenvalue weighted by Gasteiger charge is 2.27. The maximum Gasteiger partial charge on any atom is 0.318 e. The van der Waals surface area contributed by atoms with Crippen molar-refractivity contribution >= 4 is 23.3 Å². The monoisotopic (exact) mass is 308 g/mol. The second-order valence-corrected chi connectivity index (χ2v) is 6.45. The number of nitrogens with one attached hydrogen (secondary N) is 1. The fourth-order valence-corrected chi connectivity index (χ4v) is 2.99. The van der Waals surface area contributed by atoms with Gasteiger partial charge in [-0.2, -0.15) is 0 Å². The number of hydrogen-bond acceptors (Lipinski definition) is 3. The Balaban J connectivity index is 1.94. The molecular weight excluding hydrogens is 288 g/mol. The van der Waals surface area contributed by atoms with Crippen LogP contribution in [-0.2, 0) is 11.3 Å². The van der Waals surface area contributed by atoms with Gasteiger partial charge in [-0.25, -0.2) is 4.79 Å². The molecule has 1 heterocycles. The molecule has 6 heteroatoms. The zero-order valence-corrected chi connectivity index (χ0v) is 13.0. The summed E-state index contributed by atoms with van der Waals surface area (Å²) in [6.07, 6.45) is 3.83. The van der Waals surface area contributed by atoms with E-state index in [1.54, 1.807) is 28.4 Å². The van der Waals surface area contributed by atoms with Crippen LogP contribution in [0, 0.1) is 5.92 Å². The highest BCUT2D eigenvalue weighted by molar-refractivity contribution is 7.09. The van der Waals surface area contributed by atoms with E-state index in [1.165, 1.54) is 0 Å². The predicted molar refractivity (Wildman–Crippen MR) is 82.2 cm³/mol. The summed E-state index contributed by atoms with van der Waals surface area (Å²) in [5.41, 5.74) is 0. The minimum absolute atomic E-state index is 0.0766. The average molecular weight is 308 g/mol. The molecular formula is C15H20N2O3S. The van der Waals surface area contributed by atoms with Crippen LogP contribution in [0.25, 0.3) is 0 Å². The van der Waals surface area contributed by atoms with Gasteiger partial charge < -0.3 is 15.3 Å². The summed E-state index contributed by atoms with van der Waals surface area (Å²) in [5.74, 6) is -1.35. The van der Waals surface area contributed by atoms with E-state index in [9.17, 15) is 9.59 Å². The van der Waals surface area contributed by atoms with Gasteiger partial charge in [0.25, 0.3) is 0 Å². The van der Waals surface area contributed by atoms with Crippen LogP contribution in [0.1, 0.15) is 25.1 Å². The van der Waals surface area contributed by atoms with Crippen molar-refractivity contribution in [1.82, 2.24) is 10.2 Å². The summed E-state index contributed by atoms with van der Waals surface area (Å²) < 4.78 is 0. The Morgan fingerprint density at radius 1 is 1.48 bits per heavy atom. The van der Waals surface area contributed by atoms with Gasteiger partial charge in [-0.05, 0) is 31.7 Å². The molecule has 1 aliphatic rings. The zero-order valence-electron chi connectivity index (χ0n) is 12.2. The smallest absolute Gasteiger partial charge is 0.318 e. The molecule has 0 saturated carbocycles. The first-order chi connectivity index (χ1) is 9.97. The van der Waals surface area contributed by atoms with Crippen molar-refractivity contribution < 1.29 is 14.7 Å². The maximum absolute atomic E-state index is 12.4. The first kappa shape index (κ1) is 15.6. The molecule has 0 saturated heterocycles. The van der Waals surface area contributed by atoms with Crippen LogP contribution >= 0.6 is 11.3 Å². The number of hydrogen-bond donors (Lipinski definition) is 2. The molecule has 21 heavy (non-hydrogen) atoms. The minimum Gasteiger partial charge on any atom is -0.481 e. The molecule has 1 aliphatic carbocycles. The minimum atomic E-state index is -0.845. The van der Waals surface area contributed by atoms with E-state index >= 15 is 0 Å². The normalized spacial score (nSPS) is 20.7. The topological polar surface area (TPSA) is 69.6 Å². The van der Waals surface area contributed by atoms with Crippen LogP contribution in [0.2, 0.25) is 0 Å². The van der Waals surface area contributed by atoms with Crippen molar-refractivity contribution in [3.63, 3.8) is 0 Å². The van der Waals surface area contributed by atoms with Crippen molar-refractivity contribution in [3.8, 4) is 0 Å². The molecule has 5 nitrogen and oxygen atoms in total. The number of thiophene rings is 1. The third kappa shape index (κ3) is 4.07. The van der Waals surface area contributed by atoms with Gasteiger partial charge in [-0.15, -0.1) is 11.3 Å². The molecule has 0 fully saturated rings. The van der Waals surface area contributed by atoms with E-state index < -0.39 is 11.9 Å². The van der Waals surface area contributed by atoms with Gasteiger partial charge in [0.2, 0.25) is 0 Å². The summed E-state index contributed by atoms with van der Waals surface area (Å²) in [4.78, 5) is 26.2. The lowest BCUT2D eigenvalue weighted by molar-refractivity contribution is -0.140. The van der Waals surface area contributed by atoms with Gasteiger partial charge in [0.1, 0.15) is 0 Å². The van der Waals surface area contributed by atoms with Crippen molar-refractivity contribution in [2.45, 2.75) is 38.9 Å². The molecule has 0 bridgehead atoms. The number of carboxylic acids is 1. The molecule has 114 valence electrons. The van der Waals surface area contributed by atoms with E-state index in [0.717, 1.165) is 4.88 Å². The predicted octanol–water partition coefficient (Wildman–Crippen LogP) is 2.70. The molecule has 1 aromatic rings. The number of rotatable bonds is 5. The second-order valence-electron chi connectivity index (χ2n) is 5.42. The largest absolute Gasteiger partial charge is 0.481 e. The van der Waals surface area contributed by atoms with E-state index in [-0.39, 0.29) is 18.1 Å². The van der Waals surface area contributed by atoms with Crippen LogP contribution in [0.15, 0.2) is 29.7 Å². The number of carbonyl (C=O) groups is 2. The second kappa shape index (κ2) is 6.76. The zero-order chi connectivity index (χ0) is 15.4. The maximum atomic E-state index is 12.4. The Hall–Kier alpha value is -1.82. The lowest BCUT2D eigenvalue weighted by Gasteiger charge is -2.28. The van der Waals surface area contributed by atoms with Crippen LogP contribution in [0.4, 0.5) is 4.79 Å². The Morgan fingerprint density at radius 2 is 2.24 bits per heavy atom. The Bertz CT molecular complexity index is 525. The van der Waals surface area contributed by atoms with Crippen LogP contribution in [0.3, 0.4) is 0 Å². The van der Waals surface area contributed by atoms with Crippen LogP contribution < -0.4 is 5.32 Å². The molecule has 2 atom stereocenters. The number of carbonyl (C=O) groups excluding carboxylic acids is 1. The van der Waals surface area contributed by atoms with Gasteiger partial charge in [0, 0.05) is 10.9 Å². The summed E-state index contributed by atoms with van der Waals surface area (Å²) in [6.45, 7) is 4.51. The Kier molecular flexibility index (Phi) is 5.01. The molecule has 0 aliphatic heterocycles. The van der Waals surface area contributed by atoms with Gasteiger partial charge in [0.05, 0.1) is 18.5 Å². The van der Waals surface area contributed by atoms with Crippen LogP contribution in [0.5, 0.6) is 0 Å². The third-order valence-electron chi connectivity index (χ3n) is 3.50. The first-order valence-corrected chi connectivity index (χ1v) is 7.86. The van der Waals surface area contributed by atoms with E-state index in [1.807, 2.05) is 31.4 Å². The number of amides is 2. The van der Waals surface area contributed by atoms with Crippen LogP contribution in [-0.4, -0.2) is 34.1 Å². The number of aliphatic carboxylic acids is 1. The van der Waals surface area contributed by atoms with E-state index in [0.29, 0.717) is 13.0 Å². The lowest BCUT2D eigenvalue weighted by atomic mass is 10.1. The highest BCUT2D eigenvalue weighted by Crippen LogP contribution is 2.19. The molecule has 2 unspecified atom stereocenters. The number of carboxylic acid groups (broad SMARTS) is 1. The van der Waals surface area contributed by atoms with Gasteiger partial charge in [0.15, 0.2) is 0 Å². The highest BCUT2D eigenvalue weighted by atomic mass is 32.1. The fourth-order valence-electron chi connectivity index (χ4n) is 2.29. The molecule has 2 rings (SSSR count). The van der Waals surface area contributed by atoms with Gasteiger partial charge in [-0.1, -0.05) is 18.2 Å². The number of urea groups is 1. The van der Waals surface area contributed by atoms with Gasteiger partial charge in [-0.3, -0.25) is 4.79 Å². The quantitative estimate of drug-likeness (QED) is 0.822. The Morgan fingerprint density at radius 3 is 2.76 bits per heavy atom. The lowest BCUT2D eigenvalue weighted by Crippen LogP contribution is -2.46. The van der Waals surface area contributed by atoms with Crippen molar-refractivity contribution in [1.29, 1.82) is 0 Å². The summed E-state index contributed by atoms with van der Waals surface area (Å²) in [6, 6.07) is 3.69. The summed E-state index contributed by atoms with van der Waals surface area (Å²) >= 11 is 1.62. The molecule has 2 N–H and O–H groups in total. The number of nitrogens with zero attached hydrogens (tertiary/aromatic N) is 1. The third-order valence-corrected chi connectivity index (χ3v) is 4.36. The summed E-state index contributed by atoms with van der Waals surface area (Å²) in [5, 5.41) is 13.8. The SMILES string of the molecule is CC(C)N(Cc1cccs1)C(=O)NC1C=CC(C(=O)O)C1. The fraction of sp³-hybridized carbons (Fsp3) is 0.467. The van der Waals surface area contributed by atoms with Crippen molar-refractivity contribution in [3.05, 3.63) is 34.5 Å². The Labute approximate surface area is 128 Å². The molecule has 0 spiro atoms. The van der Waals surface area contributed by atoms with Crippen molar-refractivity contribution in [2.75, 3.05) is 0 Å². The molecule has 1 aromatic heterocycles.